The number of esters is 1. The predicted molar refractivity (Wildman–Crippen MR) is 179 cm³/mol. The number of morpholine rings is 1. The molecule has 3 aliphatic heterocycles. The molecule has 3 aromatic carbocycles. The lowest BCUT2D eigenvalue weighted by atomic mass is 9.53. The molecular formula is C38H34Cl2FN3O3. The number of pyridine rings is 1. The van der Waals surface area contributed by atoms with Gasteiger partial charge in [-0.15, -0.1) is 0 Å². The lowest BCUT2D eigenvalue weighted by Crippen LogP contribution is -2.64. The molecule has 4 aromatic rings. The monoisotopic (exact) mass is 669 g/mol. The Morgan fingerprint density at radius 2 is 1.53 bits per heavy atom. The van der Waals surface area contributed by atoms with Crippen LogP contribution in [0.5, 0.6) is 0 Å². The normalized spacial score (nSPS) is 29.0. The summed E-state index contributed by atoms with van der Waals surface area (Å²) in [6.07, 6.45) is 3.56. The van der Waals surface area contributed by atoms with Crippen LogP contribution in [0.25, 0.3) is 0 Å². The van der Waals surface area contributed by atoms with E-state index in [1.807, 2.05) is 66.7 Å². The molecule has 2 saturated heterocycles. The Kier molecular flexibility index (Phi) is 7.07. The fourth-order valence-electron chi connectivity index (χ4n) is 9.28. The van der Waals surface area contributed by atoms with Gasteiger partial charge in [0.15, 0.2) is 11.0 Å². The molecular weight excluding hydrogens is 636 g/mol. The number of amides is 1. The van der Waals surface area contributed by atoms with Crippen molar-refractivity contribution in [1.29, 1.82) is 0 Å². The SMILES string of the molecule is CC1(C)CCC2(CC1)N1C(C(=O)O[C@@H](c3ccccc3)[C@H]1c1ccccc1)[C@H](c1ccnc(Cl)c1F)[C@]21C(=O)Nc2cc(Cl)ccc21. The number of hydrogen-bond acceptors (Lipinski definition) is 5. The molecule has 0 radical (unpaired) electrons. The maximum absolute atomic E-state index is 16.5. The number of halogens is 3. The summed E-state index contributed by atoms with van der Waals surface area (Å²) in [5.74, 6) is -2.50. The summed E-state index contributed by atoms with van der Waals surface area (Å²) in [6, 6.07) is 25.2. The average molecular weight is 671 g/mol. The van der Waals surface area contributed by atoms with Crippen molar-refractivity contribution in [3.05, 3.63) is 129 Å². The fourth-order valence-corrected chi connectivity index (χ4v) is 9.61. The van der Waals surface area contributed by atoms with Gasteiger partial charge in [-0.1, -0.05) is 104 Å². The molecule has 4 aliphatic rings. The molecule has 6 nitrogen and oxygen atoms in total. The van der Waals surface area contributed by atoms with Crippen molar-refractivity contribution in [3.63, 3.8) is 0 Å². The zero-order valence-corrected chi connectivity index (χ0v) is 27.6. The van der Waals surface area contributed by atoms with Crippen LogP contribution in [-0.4, -0.2) is 33.3 Å². The number of fused-ring (bicyclic) bond motifs is 5. The van der Waals surface area contributed by atoms with E-state index in [-0.39, 0.29) is 22.0 Å². The highest BCUT2D eigenvalue weighted by atomic mass is 35.5. The predicted octanol–water partition coefficient (Wildman–Crippen LogP) is 8.56. The molecule has 1 unspecified atom stereocenters. The minimum absolute atomic E-state index is 0.000521. The van der Waals surface area contributed by atoms with Gasteiger partial charge in [0.05, 0.1) is 6.04 Å². The molecule has 240 valence electrons. The molecule has 2 spiro atoms. The van der Waals surface area contributed by atoms with Gasteiger partial charge in [-0.05, 0) is 71.6 Å². The van der Waals surface area contributed by atoms with Gasteiger partial charge in [-0.3, -0.25) is 14.5 Å². The van der Waals surface area contributed by atoms with Crippen molar-refractivity contribution in [2.75, 3.05) is 5.32 Å². The first kappa shape index (κ1) is 30.5. The number of benzene rings is 3. The number of cyclic esters (lactones) is 1. The molecule has 5 atom stereocenters. The number of carbonyl (C=O) groups is 2. The van der Waals surface area contributed by atoms with Crippen molar-refractivity contribution in [3.8, 4) is 0 Å². The van der Waals surface area contributed by atoms with Gasteiger partial charge in [0, 0.05) is 28.4 Å². The number of carbonyl (C=O) groups excluding carboxylic acids is 2. The van der Waals surface area contributed by atoms with Crippen LogP contribution >= 0.6 is 23.2 Å². The van der Waals surface area contributed by atoms with Gasteiger partial charge in [0.25, 0.3) is 0 Å². The molecule has 4 heterocycles. The Morgan fingerprint density at radius 3 is 2.21 bits per heavy atom. The van der Waals surface area contributed by atoms with E-state index < -0.39 is 46.8 Å². The summed E-state index contributed by atoms with van der Waals surface area (Å²) < 4.78 is 23.0. The molecule has 8 rings (SSSR count). The number of nitrogens with one attached hydrogen (secondary N) is 1. The summed E-state index contributed by atoms with van der Waals surface area (Å²) in [5, 5.41) is 3.30. The van der Waals surface area contributed by atoms with E-state index in [1.165, 1.54) is 6.20 Å². The lowest BCUT2D eigenvalue weighted by molar-refractivity contribution is -0.184. The Balaban J connectivity index is 1.49. The number of anilines is 1. The molecule has 1 saturated carbocycles. The molecule has 9 heteroatoms. The maximum atomic E-state index is 16.5. The van der Waals surface area contributed by atoms with Gasteiger partial charge in [0.2, 0.25) is 5.91 Å². The van der Waals surface area contributed by atoms with Crippen LogP contribution in [0.3, 0.4) is 0 Å². The van der Waals surface area contributed by atoms with Crippen LogP contribution < -0.4 is 5.32 Å². The Labute approximate surface area is 283 Å². The van der Waals surface area contributed by atoms with Crippen molar-refractivity contribution in [2.24, 2.45) is 5.41 Å². The number of rotatable bonds is 3. The largest absolute Gasteiger partial charge is 0.454 e. The second-order valence-electron chi connectivity index (χ2n) is 14.1. The zero-order valence-electron chi connectivity index (χ0n) is 26.1. The van der Waals surface area contributed by atoms with Gasteiger partial charge in [0.1, 0.15) is 17.6 Å². The second kappa shape index (κ2) is 10.9. The third kappa shape index (κ3) is 4.29. The highest BCUT2D eigenvalue weighted by molar-refractivity contribution is 6.31. The van der Waals surface area contributed by atoms with Crippen molar-refractivity contribution in [2.45, 2.75) is 74.6 Å². The molecule has 1 N–H and O–H groups in total. The van der Waals surface area contributed by atoms with E-state index in [4.69, 9.17) is 27.9 Å². The van der Waals surface area contributed by atoms with Crippen molar-refractivity contribution >= 4 is 40.8 Å². The Morgan fingerprint density at radius 1 is 0.872 bits per heavy atom. The topological polar surface area (TPSA) is 71.5 Å². The maximum Gasteiger partial charge on any atom is 0.324 e. The third-order valence-electron chi connectivity index (χ3n) is 11.3. The van der Waals surface area contributed by atoms with Crippen LogP contribution in [0.15, 0.2) is 91.1 Å². The molecule has 1 amide bonds. The fraction of sp³-hybridized carbons (Fsp3) is 0.342. The highest BCUT2D eigenvalue weighted by Gasteiger charge is 2.78. The number of nitrogens with zero attached hydrogens (tertiary/aromatic N) is 2. The highest BCUT2D eigenvalue weighted by Crippen LogP contribution is 2.71. The minimum atomic E-state index is -1.39. The van der Waals surface area contributed by atoms with E-state index in [0.29, 0.717) is 29.1 Å². The first-order valence-electron chi connectivity index (χ1n) is 16.1. The average Bonchev–Trinajstić information content (AvgIpc) is 3.50. The first-order chi connectivity index (χ1) is 22.6. The molecule has 3 fully saturated rings. The van der Waals surface area contributed by atoms with Crippen molar-refractivity contribution < 1.29 is 18.7 Å². The summed E-state index contributed by atoms with van der Waals surface area (Å²) in [4.78, 5) is 36.2. The van der Waals surface area contributed by atoms with E-state index in [2.05, 4.69) is 29.0 Å². The van der Waals surface area contributed by atoms with Crippen LogP contribution in [0.4, 0.5) is 10.1 Å². The van der Waals surface area contributed by atoms with Crippen molar-refractivity contribution in [1.82, 2.24) is 9.88 Å². The minimum Gasteiger partial charge on any atom is -0.454 e. The summed E-state index contributed by atoms with van der Waals surface area (Å²) in [6.45, 7) is 4.49. The van der Waals surface area contributed by atoms with E-state index in [9.17, 15) is 4.79 Å². The van der Waals surface area contributed by atoms with E-state index in [0.717, 1.165) is 24.0 Å². The number of aromatic nitrogens is 1. The summed E-state index contributed by atoms with van der Waals surface area (Å²) in [5.41, 5.74) is 0.922. The zero-order chi connectivity index (χ0) is 32.7. The van der Waals surface area contributed by atoms with Crippen LogP contribution in [-0.2, 0) is 19.7 Å². The molecule has 1 aliphatic carbocycles. The third-order valence-corrected chi connectivity index (χ3v) is 11.8. The Hall–Kier alpha value is -3.78. The lowest BCUT2D eigenvalue weighted by Gasteiger charge is -2.57. The number of hydrogen-bond donors (Lipinski definition) is 1. The first-order valence-corrected chi connectivity index (χ1v) is 16.8. The van der Waals surface area contributed by atoms with Gasteiger partial charge < -0.3 is 10.1 Å². The molecule has 1 aromatic heterocycles. The summed E-state index contributed by atoms with van der Waals surface area (Å²) >= 11 is 12.9. The smallest absolute Gasteiger partial charge is 0.324 e. The molecule has 47 heavy (non-hydrogen) atoms. The van der Waals surface area contributed by atoms with E-state index >= 15 is 9.18 Å². The number of ether oxygens (including phenoxy) is 1. The van der Waals surface area contributed by atoms with Gasteiger partial charge >= 0.3 is 5.97 Å². The summed E-state index contributed by atoms with van der Waals surface area (Å²) in [7, 11) is 0. The van der Waals surface area contributed by atoms with Gasteiger partial charge in [-0.25, -0.2) is 9.37 Å². The van der Waals surface area contributed by atoms with Crippen LogP contribution in [0.2, 0.25) is 10.2 Å². The standard InChI is InChI=1S/C38H34Cl2FN3O3/c1-36(2)16-18-37(19-17-36)38(26-14-13-24(39)21-27(26)43-35(38)46)28(25-15-20-42-33(40)29(25)41)31-34(45)47-32(23-11-7-4-8-12-23)30(44(31)37)22-9-5-3-6-10-22/h3-15,20-21,28,30-32H,16-19H2,1-2H3,(H,43,46)/t28-,30+,31?,32-,38+/m0/s1. The van der Waals surface area contributed by atoms with Gasteiger partial charge in [-0.2, -0.15) is 0 Å². The Bertz CT molecular complexity index is 1900. The van der Waals surface area contributed by atoms with E-state index in [1.54, 1.807) is 18.2 Å². The van der Waals surface area contributed by atoms with Crippen LogP contribution in [0, 0.1) is 11.2 Å². The van der Waals surface area contributed by atoms with Crippen LogP contribution in [0.1, 0.15) is 79.8 Å². The molecule has 0 bridgehead atoms. The second-order valence-corrected chi connectivity index (χ2v) is 14.9. The quantitative estimate of drug-likeness (QED) is 0.175.